The van der Waals surface area contributed by atoms with Gasteiger partial charge in [-0.1, -0.05) is 77.6 Å². The van der Waals surface area contributed by atoms with E-state index in [2.05, 4.69) is 6.92 Å². The van der Waals surface area contributed by atoms with Gasteiger partial charge in [0.15, 0.2) is 0 Å². The second-order valence-electron chi connectivity index (χ2n) is 8.61. The highest BCUT2D eigenvalue weighted by atomic mass is 31.2. The molecule has 31 heavy (non-hydrogen) atoms. The molecule has 2 N–H and O–H groups in total. The molecule has 188 valence electrons. The molecule has 0 aliphatic carbocycles. The third-order valence-electron chi connectivity index (χ3n) is 4.98. The highest BCUT2D eigenvalue weighted by Gasteiger charge is 2.20. The normalized spacial score (nSPS) is 15.6. The standard InChI is InChI=1S/C22H48O7P2/c1-3-4-5-6-7-8-11-14-17-27-20-28-18-15-12-9-10-13-16-19-31(25,26)22-29-21-30(2,23)24/h3-22H2,1-2H3,(H,23,24)(H,25,26). The Morgan fingerprint density at radius 2 is 1.06 bits per heavy atom. The zero-order valence-electron chi connectivity index (χ0n) is 20.0. The molecule has 9 heteroatoms. The van der Waals surface area contributed by atoms with Crippen LogP contribution >= 0.6 is 14.7 Å². The van der Waals surface area contributed by atoms with Gasteiger partial charge in [0.25, 0.3) is 0 Å². The summed E-state index contributed by atoms with van der Waals surface area (Å²) in [5, 5.41) is 0. The molecule has 2 atom stereocenters. The number of unbranched alkanes of at least 4 members (excludes halogenated alkanes) is 12. The largest absolute Gasteiger partial charge is 0.361 e. The van der Waals surface area contributed by atoms with Gasteiger partial charge < -0.3 is 24.0 Å². The molecule has 0 heterocycles. The van der Waals surface area contributed by atoms with E-state index in [9.17, 15) is 14.0 Å². The maximum Gasteiger partial charge on any atom is 0.225 e. The van der Waals surface area contributed by atoms with Gasteiger partial charge in [0.05, 0.1) is 0 Å². The van der Waals surface area contributed by atoms with Gasteiger partial charge in [0.2, 0.25) is 14.7 Å². The Bertz CT molecular complexity index is 482. The van der Waals surface area contributed by atoms with E-state index in [-0.39, 0.29) is 18.9 Å². The fourth-order valence-electron chi connectivity index (χ4n) is 3.20. The monoisotopic (exact) mass is 486 g/mol. The van der Waals surface area contributed by atoms with Crippen LogP contribution in [0.3, 0.4) is 0 Å². The second kappa shape index (κ2) is 20.8. The highest BCUT2D eigenvalue weighted by Crippen LogP contribution is 2.43. The fourth-order valence-corrected chi connectivity index (χ4v) is 5.00. The van der Waals surface area contributed by atoms with Crippen LogP contribution in [0.1, 0.15) is 96.8 Å². The Hall–Kier alpha value is 0.260. The highest BCUT2D eigenvalue weighted by molar-refractivity contribution is 7.58. The first-order valence-corrected chi connectivity index (χ1v) is 16.4. The van der Waals surface area contributed by atoms with Crippen molar-refractivity contribution >= 4 is 14.7 Å². The molecule has 0 spiro atoms. The molecule has 7 nitrogen and oxygen atoms in total. The van der Waals surface area contributed by atoms with Crippen LogP contribution in [-0.2, 0) is 23.3 Å². The van der Waals surface area contributed by atoms with E-state index in [1.807, 2.05) is 0 Å². The molecular formula is C22H48O7P2. The number of rotatable bonds is 24. The fraction of sp³-hybridized carbons (Fsp3) is 1.00. The smallest absolute Gasteiger partial charge is 0.225 e. The van der Waals surface area contributed by atoms with Crippen molar-refractivity contribution < 1.29 is 33.1 Å². The lowest BCUT2D eigenvalue weighted by Gasteiger charge is -2.13. The Morgan fingerprint density at radius 1 is 0.613 bits per heavy atom. The lowest BCUT2D eigenvalue weighted by molar-refractivity contribution is -0.0556. The van der Waals surface area contributed by atoms with Crippen LogP contribution in [0, 0.1) is 0 Å². The zero-order valence-corrected chi connectivity index (χ0v) is 21.8. The molecule has 0 aromatic rings. The van der Waals surface area contributed by atoms with E-state index in [0.717, 1.165) is 45.1 Å². The van der Waals surface area contributed by atoms with Gasteiger partial charge in [-0.2, -0.15) is 0 Å². The summed E-state index contributed by atoms with van der Waals surface area (Å²) in [6, 6.07) is 0. The lowest BCUT2D eigenvalue weighted by Crippen LogP contribution is -2.03. The van der Waals surface area contributed by atoms with Gasteiger partial charge >= 0.3 is 0 Å². The van der Waals surface area contributed by atoms with Crippen molar-refractivity contribution in [3.63, 3.8) is 0 Å². The Kier molecular flexibility index (Phi) is 21.0. The molecule has 0 radical (unpaired) electrons. The average Bonchev–Trinajstić information content (AvgIpc) is 2.68. The molecule has 0 fully saturated rings. The molecular weight excluding hydrogens is 438 g/mol. The molecule has 2 unspecified atom stereocenters. The van der Waals surface area contributed by atoms with Crippen LogP contribution in [0.25, 0.3) is 0 Å². The molecule has 0 rings (SSSR count). The van der Waals surface area contributed by atoms with E-state index in [1.54, 1.807) is 0 Å². The molecule has 0 saturated carbocycles. The van der Waals surface area contributed by atoms with Gasteiger partial charge in [-0.05, 0) is 19.3 Å². The van der Waals surface area contributed by atoms with Crippen molar-refractivity contribution in [2.24, 2.45) is 0 Å². The number of hydrogen-bond acceptors (Lipinski definition) is 5. The van der Waals surface area contributed by atoms with Gasteiger partial charge in [0.1, 0.15) is 19.5 Å². The summed E-state index contributed by atoms with van der Waals surface area (Å²) in [6.45, 7) is 5.30. The van der Waals surface area contributed by atoms with Crippen LogP contribution in [-0.4, -0.2) is 55.3 Å². The number of ether oxygens (including phenoxy) is 3. The molecule has 0 aliphatic heterocycles. The first-order chi connectivity index (χ1) is 14.8. The third-order valence-corrected chi connectivity index (χ3v) is 7.24. The van der Waals surface area contributed by atoms with Crippen molar-refractivity contribution in [1.29, 1.82) is 0 Å². The Morgan fingerprint density at radius 3 is 1.55 bits per heavy atom. The lowest BCUT2D eigenvalue weighted by atomic mass is 10.1. The zero-order chi connectivity index (χ0) is 23.3. The van der Waals surface area contributed by atoms with Crippen LogP contribution in [0.4, 0.5) is 0 Å². The predicted molar refractivity (Wildman–Crippen MR) is 128 cm³/mol. The van der Waals surface area contributed by atoms with Crippen LogP contribution in [0.5, 0.6) is 0 Å². The topological polar surface area (TPSA) is 102 Å². The average molecular weight is 487 g/mol. The van der Waals surface area contributed by atoms with Crippen molar-refractivity contribution in [2.75, 3.05) is 45.5 Å². The Balaban J connectivity index is 3.26. The minimum absolute atomic E-state index is 0.200. The molecule has 0 saturated heterocycles. The maximum absolute atomic E-state index is 11.9. The summed E-state index contributed by atoms with van der Waals surface area (Å²) in [6.07, 6.45) is 15.7. The minimum Gasteiger partial charge on any atom is -0.361 e. The summed E-state index contributed by atoms with van der Waals surface area (Å²) in [5.41, 5.74) is 0. The summed E-state index contributed by atoms with van der Waals surface area (Å²) in [5.74, 6) is 0. The third kappa shape index (κ3) is 26.4. The molecule has 0 bridgehead atoms. The van der Waals surface area contributed by atoms with Crippen molar-refractivity contribution in [2.45, 2.75) is 96.8 Å². The predicted octanol–water partition coefficient (Wildman–Crippen LogP) is 6.56. The van der Waals surface area contributed by atoms with Gasteiger partial charge in [-0.15, -0.1) is 0 Å². The van der Waals surface area contributed by atoms with E-state index in [4.69, 9.17) is 19.1 Å². The van der Waals surface area contributed by atoms with Crippen LogP contribution in [0.2, 0.25) is 0 Å². The van der Waals surface area contributed by atoms with Gasteiger partial charge in [0, 0.05) is 26.0 Å². The minimum atomic E-state index is -3.36. The van der Waals surface area contributed by atoms with E-state index in [1.165, 1.54) is 51.6 Å². The van der Waals surface area contributed by atoms with Gasteiger partial charge in [-0.25, -0.2) is 0 Å². The molecule has 0 amide bonds. The molecule has 0 aliphatic rings. The van der Waals surface area contributed by atoms with Crippen molar-refractivity contribution in [3.8, 4) is 0 Å². The summed E-state index contributed by atoms with van der Waals surface area (Å²) in [7, 11) is -6.65. The van der Waals surface area contributed by atoms with E-state index in [0.29, 0.717) is 19.8 Å². The Labute approximate surface area is 190 Å². The van der Waals surface area contributed by atoms with Crippen LogP contribution < -0.4 is 0 Å². The van der Waals surface area contributed by atoms with Gasteiger partial charge in [-0.3, -0.25) is 9.13 Å². The van der Waals surface area contributed by atoms with E-state index < -0.39 is 14.7 Å². The van der Waals surface area contributed by atoms with Crippen molar-refractivity contribution in [3.05, 3.63) is 0 Å². The number of hydrogen-bond donors (Lipinski definition) is 2. The summed E-state index contributed by atoms with van der Waals surface area (Å²) < 4.78 is 38.9. The molecule has 0 aromatic heterocycles. The maximum atomic E-state index is 11.9. The summed E-state index contributed by atoms with van der Waals surface area (Å²) in [4.78, 5) is 18.9. The first kappa shape index (κ1) is 31.3. The van der Waals surface area contributed by atoms with E-state index >= 15 is 0 Å². The van der Waals surface area contributed by atoms with Crippen LogP contribution in [0.15, 0.2) is 0 Å². The summed E-state index contributed by atoms with van der Waals surface area (Å²) >= 11 is 0. The van der Waals surface area contributed by atoms with Crippen molar-refractivity contribution in [1.82, 2.24) is 0 Å². The SMILES string of the molecule is CCCCCCCCCCOCOCCCCCCCCP(=O)(O)COCP(C)(=O)O. The quantitative estimate of drug-likeness (QED) is 0.0905. The first-order valence-electron chi connectivity index (χ1n) is 12.1. The molecule has 0 aromatic carbocycles. The second-order valence-corrected chi connectivity index (χ2v) is 13.4.